The van der Waals surface area contributed by atoms with Crippen molar-refractivity contribution in [1.29, 1.82) is 0 Å². The fourth-order valence-corrected chi connectivity index (χ4v) is 3.73. The fourth-order valence-electron chi connectivity index (χ4n) is 3.73. The molecule has 2 aliphatic rings. The minimum absolute atomic E-state index is 0.774. The molecule has 4 nitrogen and oxygen atoms in total. The normalized spacial score (nSPS) is 27.6. The molecule has 0 atom stereocenters. The molecular formula is C20H36N2O2. The van der Waals surface area contributed by atoms with Gasteiger partial charge in [0, 0.05) is 13.1 Å². The highest BCUT2D eigenvalue weighted by molar-refractivity contribution is 5.99. The number of hydrogen-bond acceptors (Lipinski definition) is 4. The van der Waals surface area contributed by atoms with Gasteiger partial charge in [0.1, 0.15) is 5.71 Å². The molecule has 1 saturated heterocycles. The van der Waals surface area contributed by atoms with Crippen LogP contribution in [0.1, 0.15) is 83.5 Å². The van der Waals surface area contributed by atoms with Crippen molar-refractivity contribution in [1.82, 2.24) is 4.90 Å². The van der Waals surface area contributed by atoms with Crippen LogP contribution in [0, 0.1) is 0 Å². The predicted molar refractivity (Wildman–Crippen MR) is 99.7 cm³/mol. The maximum absolute atomic E-state index is 9.57. The van der Waals surface area contributed by atoms with Gasteiger partial charge in [0.15, 0.2) is 0 Å². The second-order valence-corrected chi connectivity index (χ2v) is 7.16. The minimum Gasteiger partial charge on any atom is -0.411 e. The second kappa shape index (κ2) is 12.3. The molecule has 0 saturated carbocycles. The molecule has 1 aliphatic heterocycles. The van der Waals surface area contributed by atoms with Gasteiger partial charge in [-0.25, -0.2) is 0 Å². The molecule has 0 spiro atoms. The average molecular weight is 337 g/mol. The second-order valence-electron chi connectivity index (χ2n) is 7.16. The Labute approximate surface area is 147 Å². The maximum atomic E-state index is 9.57. The number of rotatable bonds is 1. The van der Waals surface area contributed by atoms with Crippen LogP contribution < -0.4 is 0 Å². The average Bonchev–Trinajstić information content (AvgIpc) is 2.62. The molecular weight excluding hydrogens is 300 g/mol. The molecule has 0 unspecified atom stereocenters. The SMILES string of the molecule is ON=C1CCCCCCCCCCCCC/C=C\1N1CCOCC1. The molecule has 1 heterocycles. The summed E-state index contributed by atoms with van der Waals surface area (Å²) in [6.45, 7) is 3.36. The van der Waals surface area contributed by atoms with Crippen LogP contribution in [0.2, 0.25) is 0 Å². The molecule has 24 heavy (non-hydrogen) atoms. The zero-order valence-electron chi connectivity index (χ0n) is 15.3. The van der Waals surface area contributed by atoms with Crippen molar-refractivity contribution in [3.8, 4) is 0 Å². The van der Waals surface area contributed by atoms with E-state index in [4.69, 9.17) is 4.74 Å². The standard InChI is InChI=1S/C20H36N2O2/c23-21-19-13-11-9-7-5-3-1-2-4-6-8-10-12-14-20(19)22-15-17-24-18-16-22/h14,23H,1-13,15-18H2/b20-14+,21-19?. The van der Waals surface area contributed by atoms with Crippen molar-refractivity contribution >= 4 is 5.71 Å². The van der Waals surface area contributed by atoms with Gasteiger partial charge in [0.25, 0.3) is 0 Å². The van der Waals surface area contributed by atoms with Crippen molar-refractivity contribution in [2.75, 3.05) is 26.3 Å². The van der Waals surface area contributed by atoms with Gasteiger partial charge in [-0.05, 0) is 25.7 Å². The topological polar surface area (TPSA) is 45.1 Å². The maximum Gasteiger partial charge on any atom is 0.102 e. The first-order valence-electron chi connectivity index (χ1n) is 10.2. The number of hydrogen-bond donors (Lipinski definition) is 1. The molecule has 1 fully saturated rings. The molecule has 0 aromatic rings. The quantitative estimate of drug-likeness (QED) is 0.534. The molecule has 0 aromatic heterocycles. The van der Waals surface area contributed by atoms with E-state index in [0.717, 1.165) is 57.0 Å². The number of allylic oxidation sites excluding steroid dienone is 2. The van der Waals surface area contributed by atoms with Crippen LogP contribution in [0.3, 0.4) is 0 Å². The molecule has 4 heteroatoms. The first kappa shape index (κ1) is 19.3. The van der Waals surface area contributed by atoms with Crippen molar-refractivity contribution in [2.45, 2.75) is 83.5 Å². The molecule has 1 N–H and O–H groups in total. The summed E-state index contributed by atoms with van der Waals surface area (Å²) < 4.78 is 5.48. The van der Waals surface area contributed by atoms with E-state index in [0.29, 0.717) is 0 Å². The van der Waals surface area contributed by atoms with E-state index in [1.807, 2.05) is 0 Å². The Morgan fingerprint density at radius 2 is 1.33 bits per heavy atom. The molecule has 2 rings (SSSR count). The monoisotopic (exact) mass is 336 g/mol. The molecule has 1 aliphatic carbocycles. The highest BCUT2D eigenvalue weighted by Crippen LogP contribution is 2.19. The predicted octanol–water partition coefficient (Wildman–Crippen LogP) is 5.12. The van der Waals surface area contributed by atoms with Gasteiger partial charge in [0.2, 0.25) is 0 Å². The first-order chi connectivity index (χ1) is 11.9. The van der Waals surface area contributed by atoms with Crippen molar-refractivity contribution < 1.29 is 9.94 Å². The Kier molecular flexibility index (Phi) is 9.93. The largest absolute Gasteiger partial charge is 0.411 e. The van der Waals surface area contributed by atoms with Gasteiger partial charge in [-0.2, -0.15) is 0 Å². The van der Waals surface area contributed by atoms with Gasteiger partial charge in [-0.1, -0.05) is 69.0 Å². The molecule has 0 amide bonds. The third-order valence-electron chi connectivity index (χ3n) is 5.22. The summed E-state index contributed by atoms with van der Waals surface area (Å²) >= 11 is 0. The van der Waals surface area contributed by atoms with Gasteiger partial charge < -0.3 is 14.8 Å². The van der Waals surface area contributed by atoms with Crippen LogP contribution in [0.5, 0.6) is 0 Å². The lowest BCUT2D eigenvalue weighted by molar-refractivity contribution is 0.0560. The third kappa shape index (κ3) is 7.25. The number of morpholine rings is 1. The Bertz CT molecular complexity index is 387. The lowest BCUT2D eigenvalue weighted by Gasteiger charge is -2.31. The minimum atomic E-state index is 0.774. The Balaban J connectivity index is 1.97. The highest BCUT2D eigenvalue weighted by Gasteiger charge is 2.18. The van der Waals surface area contributed by atoms with Crippen molar-refractivity contribution in [3.05, 3.63) is 11.8 Å². The lowest BCUT2D eigenvalue weighted by Crippen LogP contribution is -2.38. The first-order valence-corrected chi connectivity index (χ1v) is 10.2. The summed E-state index contributed by atoms with van der Waals surface area (Å²) in [7, 11) is 0. The van der Waals surface area contributed by atoms with Gasteiger partial charge in [-0.3, -0.25) is 0 Å². The lowest BCUT2D eigenvalue weighted by atomic mass is 10.0. The summed E-state index contributed by atoms with van der Waals surface area (Å²) in [5, 5.41) is 13.2. The van der Waals surface area contributed by atoms with Crippen LogP contribution in [-0.4, -0.2) is 42.1 Å². The van der Waals surface area contributed by atoms with E-state index >= 15 is 0 Å². The van der Waals surface area contributed by atoms with Gasteiger partial charge >= 0.3 is 0 Å². The number of ether oxygens (including phenoxy) is 1. The van der Waals surface area contributed by atoms with Gasteiger partial charge in [-0.15, -0.1) is 0 Å². The summed E-state index contributed by atoms with van der Waals surface area (Å²) in [6.07, 6.45) is 18.9. The Hall–Kier alpha value is -1.03. The highest BCUT2D eigenvalue weighted by atomic mass is 16.5. The number of oxime groups is 1. The van der Waals surface area contributed by atoms with Gasteiger partial charge in [0.05, 0.1) is 18.9 Å². The van der Waals surface area contributed by atoms with Crippen molar-refractivity contribution in [3.63, 3.8) is 0 Å². The zero-order valence-corrected chi connectivity index (χ0v) is 15.3. The Morgan fingerprint density at radius 1 is 0.792 bits per heavy atom. The summed E-state index contributed by atoms with van der Waals surface area (Å²) in [6, 6.07) is 0. The third-order valence-corrected chi connectivity index (χ3v) is 5.22. The molecule has 0 radical (unpaired) electrons. The molecule has 138 valence electrons. The van der Waals surface area contributed by atoms with E-state index in [9.17, 15) is 5.21 Å². The summed E-state index contributed by atoms with van der Waals surface area (Å²) in [5.41, 5.74) is 2.04. The van der Waals surface area contributed by atoms with Crippen LogP contribution in [0.4, 0.5) is 0 Å². The van der Waals surface area contributed by atoms with Crippen LogP contribution in [0.25, 0.3) is 0 Å². The van der Waals surface area contributed by atoms with E-state index in [1.54, 1.807) is 0 Å². The van der Waals surface area contributed by atoms with E-state index in [2.05, 4.69) is 16.1 Å². The summed E-state index contributed by atoms with van der Waals surface area (Å²) in [4.78, 5) is 2.35. The van der Waals surface area contributed by atoms with Crippen LogP contribution in [0.15, 0.2) is 16.9 Å². The molecule has 0 aromatic carbocycles. The smallest absolute Gasteiger partial charge is 0.102 e. The summed E-state index contributed by atoms with van der Waals surface area (Å²) in [5.74, 6) is 0. The van der Waals surface area contributed by atoms with E-state index in [1.165, 1.54) is 64.2 Å². The Morgan fingerprint density at radius 3 is 1.92 bits per heavy atom. The van der Waals surface area contributed by atoms with Crippen molar-refractivity contribution in [2.24, 2.45) is 5.16 Å². The molecule has 0 bridgehead atoms. The van der Waals surface area contributed by atoms with E-state index in [-0.39, 0.29) is 0 Å². The van der Waals surface area contributed by atoms with Crippen LogP contribution in [-0.2, 0) is 4.74 Å². The van der Waals surface area contributed by atoms with E-state index < -0.39 is 0 Å². The number of nitrogens with zero attached hydrogens (tertiary/aromatic N) is 2. The fraction of sp³-hybridized carbons (Fsp3) is 0.850. The zero-order chi connectivity index (χ0) is 16.9. The van der Waals surface area contributed by atoms with Crippen LogP contribution >= 0.6 is 0 Å².